The average Bonchev–Trinajstić information content (AvgIpc) is 2.81. The van der Waals surface area contributed by atoms with Gasteiger partial charge < -0.3 is 14.8 Å². The number of ether oxygens (including phenoxy) is 1. The molecule has 1 fully saturated rings. The number of aromatic amines is 1. The van der Waals surface area contributed by atoms with Crippen LogP contribution in [0.4, 0.5) is 0 Å². The zero-order valence-electron chi connectivity index (χ0n) is 10.6. The van der Waals surface area contributed by atoms with Crippen LogP contribution in [0.5, 0.6) is 0 Å². The van der Waals surface area contributed by atoms with E-state index in [1.165, 1.54) is 6.42 Å². The highest BCUT2D eigenvalue weighted by Gasteiger charge is 2.18. The van der Waals surface area contributed by atoms with Crippen LogP contribution in [-0.2, 0) is 11.2 Å². The van der Waals surface area contributed by atoms with E-state index >= 15 is 0 Å². The van der Waals surface area contributed by atoms with Crippen LogP contribution >= 0.6 is 0 Å². The number of carbonyl (C=O) groups is 1. The number of carboxylic acids is 1. The van der Waals surface area contributed by atoms with Crippen LogP contribution in [0.2, 0.25) is 0 Å². The standard InChI is InChI=1S/C14H16N2O3/c17-14(18)10-5-3-6-11-13(10)16-12(15-11)8-9-4-1-2-7-19-9/h3,5-6,9H,1-2,4,7-8H2,(H,15,16)(H,17,18). The van der Waals surface area contributed by atoms with E-state index in [1.807, 2.05) is 6.07 Å². The number of benzene rings is 1. The van der Waals surface area contributed by atoms with Crippen LogP contribution < -0.4 is 0 Å². The first kappa shape index (κ1) is 12.2. The summed E-state index contributed by atoms with van der Waals surface area (Å²) >= 11 is 0. The molecule has 1 aromatic heterocycles. The summed E-state index contributed by atoms with van der Waals surface area (Å²) in [6, 6.07) is 5.15. The minimum atomic E-state index is -0.947. The molecule has 1 aliphatic heterocycles. The lowest BCUT2D eigenvalue weighted by atomic mass is 10.1. The van der Waals surface area contributed by atoms with Crippen molar-refractivity contribution in [2.45, 2.75) is 31.8 Å². The molecule has 2 heterocycles. The first-order valence-electron chi connectivity index (χ1n) is 6.56. The lowest BCUT2D eigenvalue weighted by molar-refractivity contribution is 0.0158. The number of aromatic carboxylic acids is 1. The molecule has 0 spiro atoms. The van der Waals surface area contributed by atoms with Crippen molar-refractivity contribution in [2.75, 3.05) is 6.61 Å². The van der Waals surface area contributed by atoms with Gasteiger partial charge in [-0.25, -0.2) is 9.78 Å². The molecule has 0 bridgehead atoms. The van der Waals surface area contributed by atoms with E-state index in [4.69, 9.17) is 9.84 Å². The van der Waals surface area contributed by atoms with Crippen molar-refractivity contribution in [2.24, 2.45) is 0 Å². The predicted molar refractivity (Wildman–Crippen MR) is 70.3 cm³/mol. The summed E-state index contributed by atoms with van der Waals surface area (Å²) < 4.78 is 5.68. The molecule has 1 aromatic carbocycles. The van der Waals surface area contributed by atoms with Gasteiger partial charge in [-0.2, -0.15) is 0 Å². The molecule has 3 rings (SSSR count). The topological polar surface area (TPSA) is 75.2 Å². The monoisotopic (exact) mass is 260 g/mol. The van der Waals surface area contributed by atoms with Crippen molar-refractivity contribution in [3.05, 3.63) is 29.6 Å². The number of rotatable bonds is 3. The Balaban J connectivity index is 1.88. The van der Waals surface area contributed by atoms with Crippen molar-refractivity contribution in [1.29, 1.82) is 0 Å². The average molecular weight is 260 g/mol. The van der Waals surface area contributed by atoms with Crippen molar-refractivity contribution >= 4 is 17.0 Å². The summed E-state index contributed by atoms with van der Waals surface area (Å²) in [5.74, 6) is -0.145. The van der Waals surface area contributed by atoms with Gasteiger partial charge in [-0.05, 0) is 31.4 Å². The molecule has 0 aliphatic carbocycles. The van der Waals surface area contributed by atoms with Crippen LogP contribution in [0.25, 0.3) is 11.0 Å². The lowest BCUT2D eigenvalue weighted by Crippen LogP contribution is -2.21. The molecule has 1 unspecified atom stereocenters. The van der Waals surface area contributed by atoms with E-state index in [-0.39, 0.29) is 11.7 Å². The lowest BCUT2D eigenvalue weighted by Gasteiger charge is -2.21. The maximum atomic E-state index is 11.1. The minimum absolute atomic E-state index is 0.197. The SMILES string of the molecule is O=C(O)c1cccc2[nH]c(CC3CCCCO3)nc12. The van der Waals surface area contributed by atoms with Gasteiger partial charge >= 0.3 is 5.97 Å². The van der Waals surface area contributed by atoms with Crippen molar-refractivity contribution in [1.82, 2.24) is 9.97 Å². The Labute approximate surface area is 110 Å². The molecule has 2 aromatic rings. The number of hydrogen-bond donors (Lipinski definition) is 2. The van der Waals surface area contributed by atoms with Crippen LogP contribution in [0, 0.1) is 0 Å². The summed E-state index contributed by atoms with van der Waals surface area (Å²) in [5, 5.41) is 9.13. The Bertz CT molecular complexity index is 600. The Morgan fingerprint density at radius 2 is 2.37 bits per heavy atom. The number of fused-ring (bicyclic) bond motifs is 1. The Kier molecular flexibility index (Phi) is 3.21. The van der Waals surface area contributed by atoms with Gasteiger partial charge in [0.15, 0.2) is 0 Å². The molecule has 2 N–H and O–H groups in total. The molecule has 5 heteroatoms. The van der Waals surface area contributed by atoms with E-state index in [2.05, 4.69) is 9.97 Å². The van der Waals surface area contributed by atoms with Crippen LogP contribution in [0.3, 0.4) is 0 Å². The van der Waals surface area contributed by atoms with Gasteiger partial charge in [0.1, 0.15) is 11.3 Å². The van der Waals surface area contributed by atoms with Crippen molar-refractivity contribution in [3.8, 4) is 0 Å². The Morgan fingerprint density at radius 1 is 1.47 bits per heavy atom. The Morgan fingerprint density at radius 3 is 3.11 bits per heavy atom. The molecule has 19 heavy (non-hydrogen) atoms. The molecular formula is C14H16N2O3. The number of H-pyrrole nitrogens is 1. The zero-order valence-corrected chi connectivity index (χ0v) is 10.6. The summed E-state index contributed by atoms with van der Waals surface area (Å²) in [6.07, 6.45) is 4.27. The van der Waals surface area contributed by atoms with Gasteiger partial charge in [0.05, 0.1) is 17.2 Å². The fourth-order valence-electron chi connectivity index (χ4n) is 2.54. The second-order valence-corrected chi connectivity index (χ2v) is 4.88. The zero-order chi connectivity index (χ0) is 13.2. The van der Waals surface area contributed by atoms with E-state index in [1.54, 1.807) is 12.1 Å². The highest BCUT2D eigenvalue weighted by molar-refractivity contribution is 6.00. The molecule has 0 saturated carbocycles. The molecular weight excluding hydrogens is 244 g/mol. The molecule has 0 amide bonds. The number of nitrogens with zero attached hydrogens (tertiary/aromatic N) is 1. The molecule has 1 saturated heterocycles. The molecule has 100 valence electrons. The minimum Gasteiger partial charge on any atom is -0.478 e. The normalized spacial score (nSPS) is 19.7. The van der Waals surface area contributed by atoms with E-state index in [0.29, 0.717) is 11.9 Å². The highest BCUT2D eigenvalue weighted by atomic mass is 16.5. The predicted octanol–water partition coefficient (Wildman–Crippen LogP) is 2.37. The van der Waals surface area contributed by atoms with Crippen LogP contribution in [0.1, 0.15) is 35.4 Å². The maximum absolute atomic E-state index is 11.1. The third-order valence-corrected chi connectivity index (χ3v) is 3.49. The van der Waals surface area contributed by atoms with E-state index in [0.717, 1.165) is 30.8 Å². The van der Waals surface area contributed by atoms with Crippen LogP contribution in [-0.4, -0.2) is 33.8 Å². The number of imidazole rings is 1. The number of hydrogen-bond acceptors (Lipinski definition) is 3. The maximum Gasteiger partial charge on any atom is 0.337 e. The van der Waals surface area contributed by atoms with Gasteiger partial charge in [-0.1, -0.05) is 6.07 Å². The molecule has 1 atom stereocenters. The van der Waals surface area contributed by atoms with E-state index < -0.39 is 5.97 Å². The third-order valence-electron chi connectivity index (χ3n) is 3.49. The molecule has 0 radical (unpaired) electrons. The summed E-state index contributed by atoms with van der Waals surface area (Å²) in [5.41, 5.74) is 1.54. The van der Waals surface area contributed by atoms with Crippen molar-refractivity contribution < 1.29 is 14.6 Å². The quantitative estimate of drug-likeness (QED) is 0.888. The smallest absolute Gasteiger partial charge is 0.337 e. The van der Waals surface area contributed by atoms with Crippen molar-refractivity contribution in [3.63, 3.8) is 0 Å². The second kappa shape index (κ2) is 5.01. The second-order valence-electron chi connectivity index (χ2n) is 4.88. The molecule has 5 nitrogen and oxygen atoms in total. The highest BCUT2D eigenvalue weighted by Crippen LogP contribution is 2.20. The van der Waals surface area contributed by atoms with E-state index in [9.17, 15) is 4.79 Å². The first-order valence-corrected chi connectivity index (χ1v) is 6.56. The summed E-state index contributed by atoms with van der Waals surface area (Å²) in [7, 11) is 0. The number of carboxylic acid groups (broad SMARTS) is 1. The third kappa shape index (κ3) is 2.46. The van der Waals surface area contributed by atoms with Gasteiger partial charge in [0.2, 0.25) is 0 Å². The summed E-state index contributed by atoms with van der Waals surface area (Å²) in [6.45, 7) is 0.811. The fraction of sp³-hybridized carbons (Fsp3) is 0.429. The first-order chi connectivity index (χ1) is 9.24. The van der Waals surface area contributed by atoms with Gasteiger partial charge in [-0.3, -0.25) is 0 Å². The number of para-hydroxylation sites is 1. The Hall–Kier alpha value is -1.88. The summed E-state index contributed by atoms with van der Waals surface area (Å²) in [4.78, 5) is 18.7. The molecule has 1 aliphatic rings. The largest absolute Gasteiger partial charge is 0.478 e. The van der Waals surface area contributed by atoms with Gasteiger partial charge in [-0.15, -0.1) is 0 Å². The van der Waals surface area contributed by atoms with Gasteiger partial charge in [0, 0.05) is 13.0 Å². The number of nitrogens with one attached hydrogen (secondary N) is 1. The number of aromatic nitrogens is 2. The fourth-order valence-corrected chi connectivity index (χ4v) is 2.54. The van der Waals surface area contributed by atoms with Crippen LogP contribution in [0.15, 0.2) is 18.2 Å². The van der Waals surface area contributed by atoms with Gasteiger partial charge in [0.25, 0.3) is 0 Å².